The van der Waals surface area contributed by atoms with Gasteiger partial charge in [-0.1, -0.05) is 75.9 Å². The number of hydrogen-bond acceptors (Lipinski definition) is 6. The number of aryl methyl sites for hydroxylation is 1. The SMILES string of the molecule is C=Cc1cccc(CCCCCCCNC(=C)CN2CCN(CCCNC)CC2)c1C(=C)N(C)C(C=C)CCC(=C)NC. The van der Waals surface area contributed by atoms with Gasteiger partial charge in [-0.3, -0.25) is 4.90 Å². The lowest BCUT2D eigenvalue weighted by Crippen LogP contribution is -2.48. The predicted molar refractivity (Wildman–Crippen MR) is 190 cm³/mol. The highest BCUT2D eigenvalue weighted by atomic mass is 15.3. The van der Waals surface area contributed by atoms with E-state index in [1.807, 2.05) is 26.2 Å². The number of piperazine rings is 1. The van der Waals surface area contributed by atoms with Gasteiger partial charge in [-0.25, -0.2) is 0 Å². The van der Waals surface area contributed by atoms with E-state index < -0.39 is 0 Å². The molecule has 240 valence electrons. The Morgan fingerprint density at radius 2 is 1.60 bits per heavy atom. The van der Waals surface area contributed by atoms with Gasteiger partial charge in [0.25, 0.3) is 0 Å². The van der Waals surface area contributed by atoms with E-state index >= 15 is 0 Å². The van der Waals surface area contributed by atoms with Gasteiger partial charge in [0.05, 0.1) is 0 Å². The zero-order valence-electron chi connectivity index (χ0n) is 27.9. The van der Waals surface area contributed by atoms with Crippen LogP contribution in [0.1, 0.15) is 68.1 Å². The Morgan fingerprint density at radius 3 is 2.28 bits per heavy atom. The monoisotopic (exact) mass is 591 g/mol. The molecule has 1 aliphatic heterocycles. The fourth-order valence-corrected chi connectivity index (χ4v) is 5.86. The van der Waals surface area contributed by atoms with Gasteiger partial charge in [0.15, 0.2) is 0 Å². The average molecular weight is 591 g/mol. The molecule has 2 rings (SSSR count). The molecule has 0 bridgehead atoms. The van der Waals surface area contributed by atoms with Gasteiger partial charge in [-0.15, -0.1) is 6.58 Å². The average Bonchev–Trinajstić information content (AvgIpc) is 3.02. The van der Waals surface area contributed by atoms with Crippen LogP contribution in [0.15, 0.2) is 68.6 Å². The summed E-state index contributed by atoms with van der Waals surface area (Å²) in [4.78, 5) is 7.37. The number of unbranched alkanes of at least 4 members (excludes halogenated alkanes) is 4. The van der Waals surface area contributed by atoms with Crippen molar-refractivity contribution < 1.29 is 0 Å². The first-order valence-corrected chi connectivity index (χ1v) is 16.5. The Balaban J connectivity index is 1.70. The van der Waals surface area contributed by atoms with Crippen molar-refractivity contribution in [3.63, 3.8) is 0 Å². The van der Waals surface area contributed by atoms with Crippen molar-refractivity contribution >= 4 is 11.8 Å². The van der Waals surface area contributed by atoms with Crippen LogP contribution in [0.5, 0.6) is 0 Å². The lowest BCUT2D eigenvalue weighted by Gasteiger charge is -2.35. The van der Waals surface area contributed by atoms with E-state index in [-0.39, 0.29) is 6.04 Å². The van der Waals surface area contributed by atoms with Crippen LogP contribution in [0.2, 0.25) is 0 Å². The fraction of sp³-hybridized carbons (Fsp3) is 0.568. The van der Waals surface area contributed by atoms with Gasteiger partial charge in [0.2, 0.25) is 0 Å². The van der Waals surface area contributed by atoms with Crippen LogP contribution in [0.4, 0.5) is 0 Å². The lowest BCUT2D eigenvalue weighted by atomic mass is 9.93. The second-order valence-corrected chi connectivity index (χ2v) is 12.0. The third kappa shape index (κ3) is 13.2. The molecule has 0 aromatic heterocycles. The van der Waals surface area contributed by atoms with Crippen LogP contribution in [0.25, 0.3) is 11.8 Å². The number of nitrogens with one attached hydrogen (secondary N) is 3. The smallest absolute Gasteiger partial charge is 0.0470 e. The lowest BCUT2D eigenvalue weighted by molar-refractivity contribution is 0.138. The van der Waals surface area contributed by atoms with Crippen molar-refractivity contribution in [1.29, 1.82) is 0 Å². The molecule has 0 radical (unpaired) electrons. The van der Waals surface area contributed by atoms with E-state index in [0.29, 0.717) is 0 Å². The molecule has 3 N–H and O–H groups in total. The number of nitrogens with zero attached hydrogens (tertiary/aromatic N) is 3. The molecular formula is C37H62N6. The Morgan fingerprint density at radius 1 is 0.907 bits per heavy atom. The molecule has 43 heavy (non-hydrogen) atoms. The first-order chi connectivity index (χ1) is 20.8. The van der Waals surface area contributed by atoms with Crippen LogP contribution in [-0.2, 0) is 6.42 Å². The van der Waals surface area contributed by atoms with Crippen LogP contribution in [0.3, 0.4) is 0 Å². The van der Waals surface area contributed by atoms with E-state index in [4.69, 9.17) is 0 Å². The van der Waals surface area contributed by atoms with Crippen LogP contribution in [0, 0.1) is 0 Å². The van der Waals surface area contributed by atoms with E-state index in [1.54, 1.807) is 0 Å². The predicted octanol–water partition coefficient (Wildman–Crippen LogP) is 6.12. The molecule has 1 aromatic rings. The first-order valence-electron chi connectivity index (χ1n) is 16.5. The summed E-state index contributed by atoms with van der Waals surface area (Å²) in [6, 6.07) is 6.74. The highest BCUT2D eigenvalue weighted by molar-refractivity contribution is 5.74. The highest BCUT2D eigenvalue weighted by Crippen LogP contribution is 2.29. The van der Waals surface area contributed by atoms with Crippen molar-refractivity contribution in [2.45, 2.75) is 63.8 Å². The van der Waals surface area contributed by atoms with Gasteiger partial charge in [0.1, 0.15) is 0 Å². The van der Waals surface area contributed by atoms with Gasteiger partial charge in [-0.05, 0) is 69.8 Å². The molecule has 0 saturated carbocycles. The standard InChI is InChI=1S/C37H62N6/c1-9-34-19-16-20-35(37(34)33(5)41(8)36(10-2)22-21-31(3)39-7)18-14-12-11-13-15-24-40-32(4)30-43-28-26-42(27-29-43)25-17-23-38-6/h9-10,16,19-20,36,38-40H,1-5,11-15,17-18,21-30H2,6-8H3. The molecule has 1 atom stereocenters. The molecular weight excluding hydrogens is 528 g/mol. The van der Waals surface area contributed by atoms with Crippen molar-refractivity contribution in [2.24, 2.45) is 0 Å². The number of hydrogen-bond donors (Lipinski definition) is 3. The number of benzene rings is 1. The fourth-order valence-electron chi connectivity index (χ4n) is 5.86. The van der Waals surface area contributed by atoms with Gasteiger partial charge in [-0.2, -0.15) is 0 Å². The molecule has 1 fully saturated rings. The van der Waals surface area contributed by atoms with E-state index in [2.05, 4.69) is 88.8 Å². The van der Waals surface area contributed by atoms with E-state index in [1.165, 1.54) is 69.3 Å². The molecule has 0 amide bonds. The van der Waals surface area contributed by atoms with Crippen LogP contribution in [-0.4, -0.2) is 94.2 Å². The summed E-state index contributed by atoms with van der Waals surface area (Å²) < 4.78 is 0. The molecule has 0 aliphatic carbocycles. The second-order valence-electron chi connectivity index (χ2n) is 12.0. The van der Waals surface area contributed by atoms with E-state index in [9.17, 15) is 0 Å². The van der Waals surface area contributed by atoms with Crippen LogP contribution < -0.4 is 16.0 Å². The third-order valence-corrected chi connectivity index (χ3v) is 8.76. The van der Waals surface area contributed by atoms with Crippen molar-refractivity contribution in [3.05, 3.63) is 85.3 Å². The Hall–Kier alpha value is -2.80. The van der Waals surface area contributed by atoms with Gasteiger partial charge >= 0.3 is 0 Å². The third-order valence-electron chi connectivity index (χ3n) is 8.76. The summed E-state index contributed by atoms with van der Waals surface area (Å²) >= 11 is 0. The summed E-state index contributed by atoms with van der Waals surface area (Å²) in [6.07, 6.45) is 14.2. The van der Waals surface area contributed by atoms with E-state index in [0.717, 1.165) is 74.6 Å². The molecule has 1 aromatic carbocycles. The maximum Gasteiger partial charge on any atom is 0.0470 e. The minimum atomic E-state index is 0.191. The van der Waals surface area contributed by atoms with Gasteiger partial charge < -0.3 is 25.8 Å². The summed E-state index contributed by atoms with van der Waals surface area (Å²) in [6.45, 7) is 30.0. The molecule has 6 nitrogen and oxygen atoms in total. The summed E-state index contributed by atoms with van der Waals surface area (Å²) in [5.41, 5.74) is 6.96. The Bertz CT molecular complexity index is 1010. The molecule has 1 unspecified atom stereocenters. The maximum absolute atomic E-state index is 4.53. The zero-order valence-corrected chi connectivity index (χ0v) is 27.9. The minimum Gasteiger partial charge on any atom is -0.392 e. The largest absolute Gasteiger partial charge is 0.392 e. The maximum atomic E-state index is 4.53. The Kier molecular flexibility index (Phi) is 17.8. The molecule has 1 saturated heterocycles. The summed E-state index contributed by atoms with van der Waals surface area (Å²) in [5.74, 6) is 0. The molecule has 0 spiro atoms. The number of allylic oxidation sites excluding steroid dienone is 1. The topological polar surface area (TPSA) is 45.8 Å². The summed E-state index contributed by atoms with van der Waals surface area (Å²) in [5, 5.41) is 9.97. The number of likely N-dealkylation sites (N-methyl/N-ethyl adjacent to an activating group) is 1. The first kappa shape index (κ1) is 36.4. The normalized spacial score (nSPS) is 14.6. The minimum absolute atomic E-state index is 0.191. The van der Waals surface area contributed by atoms with Crippen molar-refractivity contribution in [3.8, 4) is 0 Å². The van der Waals surface area contributed by atoms with Gasteiger partial charge in [0, 0.05) is 82.1 Å². The molecule has 1 heterocycles. The van der Waals surface area contributed by atoms with Crippen LogP contribution >= 0.6 is 0 Å². The second kappa shape index (κ2) is 21.0. The molecule has 6 heteroatoms. The summed E-state index contributed by atoms with van der Waals surface area (Å²) in [7, 11) is 6.07. The van der Waals surface area contributed by atoms with Crippen molar-refractivity contribution in [2.75, 3.05) is 73.5 Å². The number of rotatable bonds is 24. The highest BCUT2D eigenvalue weighted by Gasteiger charge is 2.19. The zero-order chi connectivity index (χ0) is 31.5. The Labute approximate surface area is 264 Å². The van der Waals surface area contributed by atoms with Crippen molar-refractivity contribution in [1.82, 2.24) is 30.7 Å². The molecule has 1 aliphatic rings. The quantitative estimate of drug-likeness (QED) is 0.0996.